The molecule has 2 N–H and O–H groups in total. The van der Waals surface area contributed by atoms with Gasteiger partial charge in [-0.15, -0.1) is 0 Å². The molecule has 0 heterocycles. The van der Waals surface area contributed by atoms with Crippen LogP contribution in [0.4, 0.5) is 0 Å². The Morgan fingerprint density at radius 3 is 2.72 bits per heavy atom. The van der Waals surface area contributed by atoms with Crippen molar-refractivity contribution in [1.29, 1.82) is 0 Å². The Labute approximate surface area is 111 Å². The molecule has 0 spiro atoms. The Balaban J connectivity index is 1.67. The largest absolute Gasteiger partial charge is 0.383 e. The van der Waals surface area contributed by atoms with Gasteiger partial charge in [0.15, 0.2) is 5.96 Å². The molecule has 0 aromatic carbocycles. The molecule has 0 radical (unpaired) electrons. The Hall–Kier alpha value is -0.770. The molecule has 18 heavy (non-hydrogen) atoms. The van der Waals surface area contributed by atoms with Crippen molar-refractivity contribution in [1.82, 2.24) is 10.6 Å². The quantitative estimate of drug-likeness (QED) is 0.446. The fourth-order valence-corrected chi connectivity index (χ4v) is 3.11. The van der Waals surface area contributed by atoms with Crippen LogP contribution in [-0.4, -0.2) is 39.3 Å². The van der Waals surface area contributed by atoms with Crippen LogP contribution >= 0.6 is 0 Å². The van der Waals surface area contributed by atoms with E-state index in [-0.39, 0.29) is 0 Å². The number of aliphatic imine (C=N–C) groups is 1. The van der Waals surface area contributed by atoms with E-state index in [4.69, 9.17) is 4.74 Å². The van der Waals surface area contributed by atoms with Crippen LogP contribution in [0, 0.1) is 11.8 Å². The first-order chi connectivity index (χ1) is 8.85. The molecule has 0 aromatic rings. The number of rotatable bonds is 5. The molecule has 2 aliphatic rings. The van der Waals surface area contributed by atoms with Crippen LogP contribution in [0.2, 0.25) is 0 Å². The molecule has 0 aliphatic heterocycles. The van der Waals surface area contributed by atoms with Gasteiger partial charge in [0.05, 0.1) is 6.61 Å². The van der Waals surface area contributed by atoms with E-state index >= 15 is 0 Å². The van der Waals surface area contributed by atoms with Gasteiger partial charge in [0.1, 0.15) is 0 Å². The third kappa shape index (κ3) is 3.87. The molecule has 104 valence electrons. The molecule has 0 amide bonds. The van der Waals surface area contributed by atoms with E-state index < -0.39 is 0 Å². The highest BCUT2D eigenvalue weighted by atomic mass is 16.5. The van der Waals surface area contributed by atoms with Crippen LogP contribution in [0.25, 0.3) is 0 Å². The number of hydrogen-bond acceptors (Lipinski definition) is 2. The highest BCUT2D eigenvalue weighted by Crippen LogP contribution is 2.44. The minimum atomic E-state index is 0.654. The summed E-state index contributed by atoms with van der Waals surface area (Å²) in [4.78, 5) is 4.26. The van der Waals surface area contributed by atoms with Crippen LogP contribution < -0.4 is 10.6 Å². The molecule has 2 atom stereocenters. The van der Waals surface area contributed by atoms with Gasteiger partial charge >= 0.3 is 0 Å². The number of ether oxygens (including phenoxy) is 1. The molecule has 0 aromatic heterocycles. The second-order valence-electron chi connectivity index (χ2n) is 5.54. The van der Waals surface area contributed by atoms with Crippen LogP contribution in [0.1, 0.15) is 38.5 Å². The van der Waals surface area contributed by atoms with Gasteiger partial charge in [0.2, 0.25) is 0 Å². The van der Waals surface area contributed by atoms with Gasteiger partial charge in [-0.2, -0.15) is 0 Å². The van der Waals surface area contributed by atoms with E-state index in [1.165, 1.54) is 38.5 Å². The molecule has 2 rings (SSSR count). The fraction of sp³-hybridized carbons (Fsp3) is 0.929. The molecule has 0 saturated heterocycles. The first-order valence-electron chi connectivity index (χ1n) is 7.31. The maximum Gasteiger partial charge on any atom is 0.191 e. The number of hydrogen-bond donors (Lipinski definition) is 2. The second-order valence-corrected chi connectivity index (χ2v) is 5.54. The summed E-state index contributed by atoms with van der Waals surface area (Å²) in [6, 6.07) is 0.654. The standard InChI is InChI=1S/C14H27N3O/c1-15-14(16-8-9-18-2)17-13-10-12(13)11-6-4-3-5-7-11/h11-13H,3-10H2,1-2H3,(H2,15,16,17). The lowest BCUT2D eigenvalue weighted by Gasteiger charge is -2.22. The van der Waals surface area contributed by atoms with Gasteiger partial charge in [-0.05, 0) is 18.3 Å². The van der Waals surface area contributed by atoms with Gasteiger partial charge in [0, 0.05) is 26.7 Å². The smallest absolute Gasteiger partial charge is 0.191 e. The van der Waals surface area contributed by atoms with E-state index in [1.54, 1.807) is 7.11 Å². The molecule has 4 nitrogen and oxygen atoms in total. The van der Waals surface area contributed by atoms with Crippen molar-refractivity contribution in [2.45, 2.75) is 44.6 Å². The van der Waals surface area contributed by atoms with Crippen molar-refractivity contribution >= 4 is 5.96 Å². The maximum absolute atomic E-state index is 5.03. The van der Waals surface area contributed by atoms with Gasteiger partial charge in [-0.25, -0.2) is 0 Å². The lowest BCUT2D eigenvalue weighted by molar-refractivity contribution is 0.203. The van der Waals surface area contributed by atoms with Gasteiger partial charge in [-0.1, -0.05) is 32.1 Å². The Morgan fingerprint density at radius 2 is 2.06 bits per heavy atom. The highest BCUT2D eigenvalue weighted by Gasteiger charge is 2.43. The molecule has 0 bridgehead atoms. The summed E-state index contributed by atoms with van der Waals surface area (Å²) in [5.74, 6) is 2.79. The maximum atomic E-state index is 5.03. The van der Waals surface area contributed by atoms with Crippen molar-refractivity contribution in [2.75, 3.05) is 27.3 Å². The third-order valence-electron chi connectivity index (χ3n) is 4.24. The topological polar surface area (TPSA) is 45.7 Å². The predicted octanol–water partition coefficient (Wildman–Crippen LogP) is 1.77. The lowest BCUT2D eigenvalue weighted by atomic mass is 9.85. The van der Waals surface area contributed by atoms with Crippen molar-refractivity contribution in [2.24, 2.45) is 16.8 Å². The first-order valence-corrected chi connectivity index (χ1v) is 7.31. The zero-order valence-electron chi connectivity index (χ0n) is 11.7. The number of nitrogens with zero attached hydrogens (tertiary/aromatic N) is 1. The van der Waals surface area contributed by atoms with Crippen LogP contribution in [-0.2, 0) is 4.74 Å². The Kier molecular flexibility index (Phi) is 5.29. The monoisotopic (exact) mass is 253 g/mol. The summed E-state index contributed by atoms with van der Waals surface area (Å²) in [6.45, 7) is 1.54. The van der Waals surface area contributed by atoms with Crippen molar-refractivity contribution in [3.05, 3.63) is 0 Å². The molecular weight excluding hydrogens is 226 g/mol. The normalized spacial score (nSPS) is 29.1. The van der Waals surface area contributed by atoms with E-state index in [2.05, 4.69) is 15.6 Å². The minimum Gasteiger partial charge on any atom is -0.383 e. The number of nitrogens with one attached hydrogen (secondary N) is 2. The van der Waals surface area contributed by atoms with Gasteiger partial charge in [0.25, 0.3) is 0 Å². The van der Waals surface area contributed by atoms with Crippen LogP contribution in [0.15, 0.2) is 4.99 Å². The van der Waals surface area contributed by atoms with Crippen molar-refractivity contribution in [3.63, 3.8) is 0 Å². The number of guanidine groups is 1. The predicted molar refractivity (Wildman–Crippen MR) is 74.8 cm³/mol. The summed E-state index contributed by atoms with van der Waals surface area (Å²) >= 11 is 0. The minimum absolute atomic E-state index is 0.654. The summed E-state index contributed by atoms with van der Waals surface area (Å²) in [6.07, 6.45) is 8.54. The van der Waals surface area contributed by atoms with E-state index in [0.29, 0.717) is 6.04 Å². The molecule has 2 fully saturated rings. The summed E-state index contributed by atoms with van der Waals surface area (Å²) in [5.41, 5.74) is 0. The van der Waals surface area contributed by atoms with Crippen LogP contribution in [0.3, 0.4) is 0 Å². The number of methoxy groups -OCH3 is 1. The van der Waals surface area contributed by atoms with E-state index in [1.807, 2.05) is 7.05 Å². The Morgan fingerprint density at radius 1 is 1.28 bits per heavy atom. The third-order valence-corrected chi connectivity index (χ3v) is 4.24. The summed E-state index contributed by atoms with van der Waals surface area (Å²) in [7, 11) is 3.55. The zero-order chi connectivity index (χ0) is 12.8. The van der Waals surface area contributed by atoms with Gasteiger partial charge in [-0.3, -0.25) is 4.99 Å². The van der Waals surface area contributed by atoms with Gasteiger partial charge < -0.3 is 15.4 Å². The molecular formula is C14H27N3O. The first kappa shape index (κ1) is 13.7. The average molecular weight is 253 g/mol. The second kappa shape index (κ2) is 6.98. The molecule has 2 aliphatic carbocycles. The molecule has 2 saturated carbocycles. The fourth-order valence-electron chi connectivity index (χ4n) is 3.11. The zero-order valence-corrected chi connectivity index (χ0v) is 11.7. The average Bonchev–Trinajstić information content (AvgIpc) is 3.18. The SMILES string of the molecule is CN=C(NCCOC)NC1CC1C1CCCCC1. The highest BCUT2D eigenvalue weighted by molar-refractivity contribution is 5.80. The lowest BCUT2D eigenvalue weighted by Crippen LogP contribution is -2.40. The molecule has 4 heteroatoms. The van der Waals surface area contributed by atoms with Crippen molar-refractivity contribution < 1.29 is 4.74 Å². The summed E-state index contributed by atoms with van der Waals surface area (Å²) < 4.78 is 5.03. The van der Waals surface area contributed by atoms with Crippen LogP contribution in [0.5, 0.6) is 0 Å². The Bertz CT molecular complexity index is 274. The van der Waals surface area contributed by atoms with E-state index in [9.17, 15) is 0 Å². The van der Waals surface area contributed by atoms with E-state index in [0.717, 1.165) is 30.9 Å². The van der Waals surface area contributed by atoms with Crippen molar-refractivity contribution in [3.8, 4) is 0 Å². The molecule has 2 unspecified atom stereocenters. The summed E-state index contributed by atoms with van der Waals surface area (Å²) in [5, 5.41) is 6.81.